The smallest absolute Gasteiger partial charge is 0.243 e. The molecule has 1 heterocycles. The molecule has 1 fully saturated rings. The predicted octanol–water partition coefficient (Wildman–Crippen LogP) is 1.15. The van der Waals surface area contributed by atoms with Gasteiger partial charge in [0.05, 0.1) is 17.5 Å². The Morgan fingerprint density at radius 3 is 2.42 bits per heavy atom. The van der Waals surface area contributed by atoms with E-state index >= 15 is 0 Å². The monoisotopic (exact) mass is 290 g/mol. The van der Waals surface area contributed by atoms with Crippen LogP contribution in [-0.2, 0) is 14.6 Å². The third-order valence-electron chi connectivity index (χ3n) is 3.95. The van der Waals surface area contributed by atoms with Crippen molar-refractivity contribution in [2.24, 2.45) is 0 Å². The molecule has 0 bridgehead atoms. The highest BCUT2D eigenvalue weighted by molar-refractivity contribution is 7.91. The van der Waals surface area contributed by atoms with Gasteiger partial charge in [-0.3, -0.25) is 10.1 Å². The average molecular weight is 290 g/mol. The van der Waals surface area contributed by atoms with Crippen LogP contribution in [-0.4, -0.2) is 49.0 Å². The quantitative estimate of drug-likeness (QED) is 0.764. The van der Waals surface area contributed by atoms with Crippen LogP contribution in [0.25, 0.3) is 0 Å². The highest BCUT2D eigenvalue weighted by Crippen LogP contribution is 2.25. The van der Waals surface area contributed by atoms with E-state index in [1.807, 2.05) is 13.8 Å². The topological polar surface area (TPSA) is 66.5 Å². The molecule has 112 valence electrons. The zero-order valence-electron chi connectivity index (χ0n) is 12.4. The van der Waals surface area contributed by atoms with E-state index in [2.05, 4.69) is 12.2 Å². The molecule has 1 amide bonds. The zero-order chi connectivity index (χ0) is 14.7. The summed E-state index contributed by atoms with van der Waals surface area (Å²) in [5.74, 6) is 0.211. The summed E-state index contributed by atoms with van der Waals surface area (Å²) < 4.78 is 23.2. The Morgan fingerprint density at radius 1 is 1.32 bits per heavy atom. The number of nitrogens with one attached hydrogen (secondary N) is 1. The van der Waals surface area contributed by atoms with E-state index in [9.17, 15) is 13.2 Å². The molecule has 1 N–H and O–H groups in total. The van der Waals surface area contributed by atoms with Crippen LogP contribution >= 0.6 is 0 Å². The van der Waals surface area contributed by atoms with Crippen molar-refractivity contribution in [1.29, 1.82) is 0 Å². The lowest BCUT2D eigenvalue weighted by Crippen LogP contribution is -2.43. The Labute approximate surface area is 116 Å². The highest BCUT2D eigenvalue weighted by Gasteiger charge is 2.46. The van der Waals surface area contributed by atoms with E-state index in [1.165, 1.54) is 0 Å². The molecule has 1 aliphatic rings. The normalized spacial score (nSPS) is 28.1. The Balaban J connectivity index is 2.80. The molecule has 6 heteroatoms. The minimum atomic E-state index is -3.03. The van der Waals surface area contributed by atoms with Gasteiger partial charge >= 0.3 is 0 Å². The van der Waals surface area contributed by atoms with Gasteiger partial charge < -0.3 is 4.90 Å². The van der Waals surface area contributed by atoms with Crippen LogP contribution in [0.2, 0.25) is 0 Å². The molecular formula is C13H26N2O3S. The number of nitrogens with zero attached hydrogens (tertiary/aromatic N) is 1. The van der Waals surface area contributed by atoms with E-state index in [-0.39, 0.29) is 23.6 Å². The predicted molar refractivity (Wildman–Crippen MR) is 76.6 cm³/mol. The van der Waals surface area contributed by atoms with Crippen molar-refractivity contribution < 1.29 is 13.2 Å². The average Bonchev–Trinajstić information content (AvgIpc) is 2.61. The van der Waals surface area contributed by atoms with E-state index in [0.29, 0.717) is 13.0 Å². The maximum absolute atomic E-state index is 12.4. The molecule has 0 radical (unpaired) electrons. The van der Waals surface area contributed by atoms with Gasteiger partial charge in [-0.25, -0.2) is 8.42 Å². The molecule has 1 rings (SSSR count). The molecule has 5 nitrogen and oxygen atoms in total. The van der Waals surface area contributed by atoms with Gasteiger partial charge in [-0.1, -0.05) is 27.2 Å². The van der Waals surface area contributed by atoms with Gasteiger partial charge in [0, 0.05) is 12.3 Å². The lowest BCUT2D eigenvalue weighted by Gasteiger charge is -2.23. The SMILES string of the molecule is CCCC1NC(C)(CC)C(=O)N1CCS(=O)(=O)CC. The summed E-state index contributed by atoms with van der Waals surface area (Å²) in [6.45, 7) is 7.86. The fraction of sp³-hybridized carbons (Fsp3) is 0.923. The number of hydrogen-bond acceptors (Lipinski definition) is 4. The second kappa shape index (κ2) is 6.22. The van der Waals surface area contributed by atoms with E-state index in [1.54, 1.807) is 11.8 Å². The third-order valence-corrected chi connectivity index (χ3v) is 5.63. The number of carbonyl (C=O) groups excluding carboxylic acids is 1. The van der Waals surface area contributed by atoms with Crippen molar-refractivity contribution in [3.05, 3.63) is 0 Å². The van der Waals surface area contributed by atoms with Crippen LogP contribution < -0.4 is 5.32 Å². The molecule has 0 aromatic heterocycles. The Hall–Kier alpha value is -0.620. The van der Waals surface area contributed by atoms with E-state index in [4.69, 9.17) is 0 Å². The van der Waals surface area contributed by atoms with Gasteiger partial charge in [0.25, 0.3) is 0 Å². The molecule has 1 saturated heterocycles. The van der Waals surface area contributed by atoms with E-state index < -0.39 is 15.4 Å². The Morgan fingerprint density at radius 2 is 1.95 bits per heavy atom. The van der Waals surface area contributed by atoms with Gasteiger partial charge in [-0.2, -0.15) is 0 Å². The van der Waals surface area contributed by atoms with Crippen LogP contribution in [0.4, 0.5) is 0 Å². The van der Waals surface area contributed by atoms with Crippen LogP contribution in [0.15, 0.2) is 0 Å². The fourth-order valence-corrected chi connectivity index (χ4v) is 3.12. The first-order valence-corrected chi connectivity index (χ1v) is 8.91. The summed E-state index contributed by atoms with van der Waals surface area (Å²) in [6, 6.07) is 0. The van der Waals surface area contributed by atoms with Crippen molar-refractivity contribution in [2.45, 2.75) is 58.7 Å². The third kappa shape index (κ3) is 3.69. The van der Waals surface area contributed by atoms with Crippen molar-refractivity contribution >= 4 is 15.7 Å². The number of sulfone groups is 1. The molecule has 19 heavy (non-hydrogen) atoms. The molecule has 2 unspecified atom stereocenters. The molecule has 2 atom stereocenters. The summed E-state index contributed by atoms with van der Waals surface area (Å²) in [5.41, 5.74) is -0.546. The summed E-state index contributed by atoms with van der Waals surface area (Å²) in [6.07, 6.45) is 2.49. The largest absolute Gasteiger partial charge is 0.325 e. The summed E-state index contributed by atoms with van der Waals surface area (Å²) >= 11 is 0. The minimum absolute atomic E-state index is 0.0275. The second-order valence-corrected chi connectivity index (χ2v) is 7.84. The van der Waals surface area contributed by atoms with E-state index in [0.717, 1.165) is 12.8 Å². The van der Waals surface area contributed by atoms with Gasteiger partial charge in [-0.15, -0.1) is 0 Å². The maximum Gasteiger partial charge on any atom is 0.243 e. The van der Waals surface area contributed by atoms with Crippen molar-refractivity contribution in [3.8, 4) is 0 Å². The standard InChI is InChI=1S/C13H26N2O3S/c1-5-8-11-14-13(4,6-2)12(16)15(11)9-10-19(17,18)7-3/h11,14H,5-10H2,1-4H3. The highest BCUT2D eigenvalue weighted by atomic mass is 32.2. The lowest BCUT2D eigenvalue weighted by molar-refractivity contribution is -0.132. The molecule has 0 aromatic carbocycles. The summed E-state index contributed by atoms with van der Waals surface area (Å²) in [4.78, 5) is 14.1. The second-order valence-electron chi connectivity index (χ2n) is 5.37. The molecule has 0 aliphatic carbocycles. The number of amides is 1. The van der Waals surface area contributed by atoms with Crippen LogP contribution in [0.5, 0.6) is 0 Å². The van der Waals surface area contributed by atoms with Crippen molar-refractivity contribution in [3.63, 3.8) is 0 Å². The first-order valence-electron chi connectivity index (χ1n) is 7.08. The van der Waals surface area contributed by atoms with Gasteiger partial charge in [0.15, 0.2) is 9.84 Å². The number of hydrogen-bond donors (Lipinski definition) is 1. The Kier molecular flexibility index (Phi) is 5.38. The van der Waals surface area contributed by atoms with Gasteiger partial charge in [0.2, 0.25) is 5.91 Å². The van der Waals surface area contributed by atoms with Gasteiger partial charge in [0.1, 0.15) is 0 Å². The van der Waals surface area contributed by atoms with Crippen molar-refractivity contribution in [1.82, 2.24) is 10.2 Å². The fourth-order valence-electron chi connectivity index (χ4n) is 2.36. The maximum atomic E-state index is 12.4. The molecule has 0 saturated carbocycles. The number of rotatable bonds is 7. The first-order chi connectivity index (χ1) is 8.79. The molecule has 0 aromatic rings. The van der Waals surface area contributed by atoms with Gasteiger partial charge in [-0.05, 0) is 19.8 Å². The molecule has 1 aliphatic heterocycles. The van der Waals surface area contributed by atoms with Crippen LogP contribution in [0.3, 0.4) is 0 Å². The summed E-state index contributed by atoms with van der Waals surface area (Å²) in [5, 5.41) is 3.35. The zero-order valence-corrected chi connectivity index (χ0v) is 13.2. The molecular weight excluding hydrogens is 264 g/mol. The van der Waals surface area contributed by atoms with Crippen molar-refractivity contribution in [2.75, 3.05) is 18.1 Å². The minimum Gasteiger partial charge on any atom is -0.325 e. The number of carbonyl (C=O) groups is 1. The van der Waals surface area contributed by atoms with Crippen LogP contribution in [0, 0.1) is 0 Å². The molecule has 0 spiro atoms. The van der Waals surface area contributed by atoms with Crippen LogP contribution in [0.1, 0.15) is 47.0 Å². The lowest BCUT2D eigenvalue weighted by atomic mass is 9.99. The summed E-state index contributed by atoms with van der Waals surface area (Å²) in [7, 11) is -3.03. The first kappa shape index (κ1) is 16.4. The Bertz CT molecular complexity index is 422.